The van der Waals surface area contributed by atoms with Crippen LogP contribution in [0.25, 0.3) is 11.0 Å². The third-order valence-electron chi connectivity index (χ3n) is 4.18. The van der Waals surface area contributed by atoms with Gasteiger partial charge >= 0.3 is 0 Å². The Morgan fingerprint density at radius 3 is 2.86 bits per heavy atom. The predicted molar refractivity (Wildman–Crippen MR) is 80.4 cm³/mol. The van der Waals surface area contributed by atoms with Crippen molar-refractivity contribution >= 4 is 22.8 Å². The molecule has 1 atom stereocenters. The highest BCUT2D eigenvalue weighted by atomic mass is 16.2. The molecule has 1 aliphatic carbocycles. The Balaban J connectivity index is 1.57. The summed E-state index contributed by atoms with van der Waals surface area (Å²) in [5, 5.41) is 6.28. The van der Waals surface area contributed by atoms with E-state index in [2.05, 4.69) is 20.6 Å². The molecular formula is C16H16N4O2. The van der Waals surface area contributed by atoms with Crippen LogP contribution in [0.3, 0.4) is 0 Å². The first kappa shape index (κ1) is 13.2. The maximum Gasteiger partial charge on any atom is 0.253 e. The number of amides is 2. The molecule has 0 spiro atoms. The van der Waals surface area contributed by atoms with Crippen molar-refractivity contribution < 1.29 is 9.59 Å². The fraction of sp³-hybridized carbons (Fsp3) is 0.375. The van der Waals surface area contributed by atoms with E-state index < -0.39 is 6.04 Å². The lowest BCUT2D eigenvalue weighted by Gasteiger charge is -2.10. The van der Waals surface area contributed by atoms with Crippen LogP contribution in [0, 0.1) is 0 Å². The monoisotopic (exact) mass is 296 g/mol. The highest BCUT2D eigenvalue weighted by Gasteiger charge is 2.27. The topological polar surface area (TPSA) is 84.0 Å². The van der Waals surface area contributed by atoms with E-state index in [9.17, 15) is 9.59 Å². The molecule has 2 aromatic heterocycles. The van der Waals surface area contributed by atoms with Gasteiger partial charge in [-0.3, -0.25) is 9.59 Å². The maximum atomic E-state index is 12.2. The molecule has 22 heavy (non-hydrogen) atoms. The van der Waals surface area contributed by atoms with Gasteiger partial charge in [-0.15, -0.1) is 0 Å². The van der Waals surface area contributed by atoms with Gasteiger partial charge in [0, 0.05) is 29.7 Å². The van der Waals surface area contributed by atoms with Crippen LogP contribution in [0.5, 0.6) is 0 Å². The Morgan fingerprint density at radius 1 is 1.27 bits per heavy atom. The first-order chi connectivity index (χ1) is 10.7. The summed E-state index contributed by atoms with van der Waals surface area (Å²) in [6.07, 6.45) is 4.54. The van der Waals surface area contributed by atoms with Crippen LogP contribution >= 0.6 is 0 Å². The van der Waals surface area contributed by atoms with Crippen LogP contribution in [0.1, 0.15) is 41.2 Å². The van der Waals surface area contributed by atoms with Gasteiger partial charge in [-0.05, 0) is 37.5 Å². The maximum absolute atomic E-state index is 12.2. The molecule has 2 fully saturated rings. The number of carbonyl (C=O) groups is 2. The van der Waals surface area contributed by atoms with Crippen LogP contribution < -0.4 is 10.6 Å². The number of fused-ring (bicyclic) bond motifs is 1. The summed E-state index contributed by atoms with van der Waals surface area (Å²) >= 11 is 0. The minimum atomic E-state index is -0.446. The Morgan fingerprint density at radius 2 is 2.14 bits per heavy atom. The Bertz CT molecular complexity index is 770. The Hall–Kier alpha value is -2.50. The molecular weight excluding hydrogens is 280 g/mol. The van der Waals surface area contributed by atoms with Gasteiger partial charge in [0.1, 0.15) is 6.04 Å². The number of rotatable bonds is 3. The van der Waals surface area contributed by atoms with Crippen LogP contribution in [0.15, 0.2) is 24.4 Å². The van der Waals surface area contributed by atoms with Gasteiger partial charge in [0.15, 0.2) is 5.65 Å². The van der Waals surface area contributed by atoms with E-state index in [0.717, 1.165) is 11.1 Å². The summed E-state index contributed by atoms with van der Waals surface area (Å²) in [6.45, 7) is 0.605. The quantitative estimate of drug-likeness (QED) is 0.889. The number of hydrogen-bond acceptors (Lipinski definition) is 4. The molecule has 1 aliphatic heterocycles. The number of hydrogen-bond donors (Lipinski definition) is 2. The van der Waals surface area contributed by atoms with Crippen LogP contribution in [0.2, 0.25) is 0 Å². The molecule has 2 aromatic rings. The van der Waals surface area contributed by atoms with Crippen molar-refractivity contribution in [1.82, 2.24) is 20.6 Å². The second-order valence-corrected chi connectivity index (χ2v) is 5.89. The summed E-state index contributed by atoms with van der Waals surface area (Å²) in [7, 11) is 0. The van der Waals surface area contributed by atoms with Gasteiger partial charge in [0.05, 0.1) is 5.56 Å². The van der Waals surface area contributed by atoms with E-state index in [1.165, 1.54) is 19.0 Å². The zero-order valence-corrected chi connectivity index (χ0v) is 12.0. The Kier molecular flexibility index (Phi) is 3.03. The molecule has 112 valence electrons. The molecule has 0 radical (unpaired) electrons. The SMILES string of the molecule is O=C(N[C@H]1CCNC1=O)c1cnc2nc(C3CC3)ccc2c1. The smallest absolute Gasteiger partial charge is 0.253 e. The number of pyridine rings is 2. The summed E-state index contributed by atoms with van der Waals surface area (Å²) in [6, 6.07) is 5.29. The molecule has 1 saturated carbocycles. The molecule has 0 aromatic carbocycles. The van der Waals surface area contributed by atoms with Crippen molar-refractivity contribution in [1.29, 1.82) is 0 Å². The van der Waals surface area contributed by atoms with Gasteiger partial charge in [0.2, 0.25) is 5.91 Å². The number of nitrogens with one attached hydrogen (secondary N) is 2. The lowest BCUT2D eigenvalue weighted by Crippen LogP contribution is -2.40. The third kappa shape index (κ3) is 2.41. The number of nitrogens with zero attached hydrogens (tertiary/aromatic N) is 2. The first-order valence-electron chi connectivity index (χ1n) is 7.56. The molecule has 0 unspecified atom stereocenters. The van der Waals surface area contributed by atoms with Crippen LogP contribution in [0.4, 0.5) is 0 Å². The van der Waals surface area contributed by atoms with E-state index in [0.29, 0.717) is 30.1 Å². The van der Waals surface area contributed by atoms with E-state index in [-0.39, 0.29) is 11.8 Å². The normalized spacial score (nSPS) is 20.9. The molecule has 2 amide bonds. The zero-order chi connectivity index (χ0) is 15.1. The zero-order valence-electron chi connectivity index (χ0n) is 12.0. The molecule has 1 saturated heterocycles. The molecule has 2 aliphatic rings. The van der Waals surface area contributed by atoms with Crippen molar-refractivity contribution in [3.8, 4) is 0 Å². The molecule has 0 bridgehead atoms. The second-order valence-electron chi connectivity index (χ2n) is 5.89. The average Bonchev–Trinajstić information content (AvgIpc) is 3.31. The largest absolute Gasteiger partial charge is 0.354 e. The van der Waals surface area contributed by atoms with Gasteiger partial charge in [-0.1, -0.05) is 0 Å². The molecule has 4 rings (SSSR count). The van der Waals surface area contributed by atoms with Gasteiger partial charge in [0.25, 0.3) is 5.91 Å². The average molecular weight is 296 g/mol. The van der Waals surface area contributed by atoms with Gasteiger partial charge in [-0.25, -0.2) is 9.97 Å². The fourth-order valence-electron chi connectivity index (χ4n) is 2.73. The third-order valence-corrected chi connectivity index (χ3v) is 4.18. The van der Waals surface area contributed by atoms with Crippen molar-refractivity contribution in [2.45, 2.75) is 31.2 Å². The van der Waals surface area contributed by atoms with Crippen molar-refractivity contribution in [2.24, 2.45) is 0 Å². The number of carbonyl (C=O) groups excluding carboxylic acids is 2. The standard InChI is InChI=1S/C16H16N4O2/c21-15(20-13-5-6-17-16(13)22)11-7-10-3-4-12(9-1-2-9)19-14(10)18-8-11/h3-4,7-9,13H,1-2,5-6H2,(H,17,22)(H,20,21)/t13-/m0/s1. The molecule has 6 nitrogen and oxygen atoms in total. The predicted octanol–water partition coefficient (Wildman–Crippen LogP) is 1.13. The lowest BCUT2D eigenvalue weighted by molar-refractivity contribution is -0.120. The summed E-state index contributed by atoms with van der Waals surface area (Å²) in [4.78, 5) is 32.6. The Labute approximate surface area is 127 Å². The van der Waals surface area contributed by atoms with Crippen molar-refractivity contribution in [2.75, 3.05) is 6.54 Å². The minimum Gasteiger partial charge on any atom is -0.354 e. The summed E-state index contributed by atoms with van der Waals surface area (Å²) in [5.74, 6) is 0.176. The van der Waals surface area contributed by atoms with E-state index in [1.807, 2.05) is 12.1 Å². The highest BCUT2D eigenvalue weighted by Crippen LogP contribution is 2.39. The van der Waals surface area contributed by atoms with Crippen molar-refractivity contribution in [3.05, 3.63) is 35.7 Å². The second kappa shape index (κ2) is 5.05. The van der Waals surface area contributed by atoms with Crippen LogP contribution in [-0.2, 0) is 4.79 Å². The number of aromatic nitrogens is 2. The van der Waals surface area contributed by atoms with E-state index in [1.54, 1.807) is 6.07 Å². The minimum absolute atomic E-state index is 0.127. The lowest BCUT2D eigenvalue weighted by atomic mass is 10.1. The highest BCUT2D eigenvalue weighted by molar-refractivity contribution is 5.99. The fourth-order valence-corrected chi connectivity index (χ4v) is 2.73. The molecule has 6 heteroatoms. The van der Waals surface area contributed by atoms with E-state index in [4.69, 9.17) is 0 Å². The van der Waals surface area contributed by atoms with Crippen molar-refractivity contribution in [3.63, 3.8) is 0 Å². The van der Waals surface area contributed by atoms with E-state index >= 15 is 0 Å². The molecule has 2 N–H and O–H groups in total. The summed E-state index contributed by atoms with van der Waals surface area (Å²) in [5.41, 5.74) is 2.20. The molecule has 3 heterocycles. The van der Waals surface area contributed by atoms with Gasteiger partial charge in [-0.2, -0.15) is 0 Å². The van der Waals surface area contributed by atoms with Crippen LogP contribution in [-0.4, -0.2) is 34.4 Å². The van der Waals surface area contributed by atoms with Gasteiger partial charge < -0.3 is 10.6 Å². The summed E-state index contributed by atoms with van der Waals surface area (Å²) < 4.78 is 0. The first-order valence-corrected chi connectivity index (χ1v) is 7.56.